The van der Waals surface area contributed by atoms with Gasteiger partial charge in [0.15, 0.2) is 6.23 Å². The molecule has 0 bridgehead atoms. The minimum Gasteiger partial charge on any atom is -0.356 e. The largest absolute Gasteiger partial charge is 0.356 e. The Morgan fingerprint density at radius 3 is 2.81 bits per heavy atom. The van der Waals surface area contributed by atoms with Crippen LogP contribution in [0.1, 0.15) is 37.5 Å². The van der Waals surface area contributed by atoms with Crippen LogP contribution in [0.3, 0.4) is 0 Å². The molecule has 1 saturated heterocycles. The van der Waals surface area contributed by atoms with E-state index in [1.807, 2.05) is 16.8 Å². The van der Waals surface area contributed by atoms with Crippen molar-refractivity contribution in [2.45, 2.75) is 31.8 Å². The molecule has 1 unspecified atom stereocenters. The summed E-state index contributed by atoms with van der Waals surface area (Å²) < 4.78 is 19.6. The second-order valence-corrected chi connectivity index (χ2v) is 6.03. The second kappa shape index (κ2) is 6.44. The quantitative estimate of drug-likeness (QED) is 0.783. The molecule has 5 nitrogen and oxygen atoms in total. The highest BCUT2D eigenvalue weighted by Crippen LogP contribution is 2.33. The van der Waals surface area contributed by atoms with Gasteiger partial charge in [0.25, 0.3) is 0 Å². The van der Waals surface area contributed by atoms with Crippen LogP contribution in [-0.2, 0) is 14.2 Å². The molecule has 6 heteroatoms. The molecule has 1 atom stereocenters. The molecule has 0 N–H and O–H groups in total. The van der Waals surface area contributed by atoms with Crippen LogP contribution in [0.2, 0.25) is 0 Å². The number of benzene rings is 1. The van der Waals surface area contributed by atoms with E-state index in [1.54, 1.807) is 14.2 Å². The summed E-state index contributed by atoms with van der Waals surface area (Å²) >= 11 is 3.51. The summed E-state index contributed by atoms with van der Waals surface area (Å²) in [5.41, 5.74) is 1.82. The summed E-state index contributed by atoms with van der Waals surface area (Å²) in [5.74, 6) is 0. The van der Waals surface area contributed by atoms with Crippen molar-refractivity contribution in [1.82, 2.24) is 9.78 Å². The summed E-state index contributed by atoms with van der Waals surface area (Å²) in [6, 6.07) is 6.11. The molecule has 1 fully saturated rings. The lowest BCUT2D eigenvalue weighted by molar-refractivity contribution is -0.109. The molecular weight excluding hydrogens is 336 g/mol. The number of hydrogen-bond acceptors (Lipinski definition) is 4. The molecule has 0 radical (unpaired) electrons. The molecule has 0 aliphatic carbocycles. The fraction of sp³-hybridized carbons (Fsp3) is 0.533. The van der Waals surface area contributed by atoms with E-state index in [9.17, 15) is 0 Å². The monoisotopic (exact) mass is 354 g/mol. The average Bonchev–Trinajstić information content (AvgIpc) is 2.88. The Hall–Kier alpha value is -0.950. The number of hydrogen-bond donors (Lipinski definition) is 0. The van der Waals surface area contributed by atoms with Crippen molar-refractivity contribution < 1.29 is 14.2 Å². The molecule has 3 rings (SSSR count). The van der Waals surface area contributed by atoms with Gasteiger partial charge in [0.2, 0.25) is 6.29 Å². The number of rotatable bonds is 4. The highest BCUT2D eigenvalue weighted by atomic mass is 79.9. The molecule has 1 aliphatic rings. The molecular formula is C15H19BrN2O3. The lowest BCUT2D eigenvalue weighted by Gasteiger charge is -2.23. The summed E-state index contributed by atoms with van der Waals surface area (Å²) in [6.07, 6.45) is 2.77. The number of aromatic nitrogens is 2. The topological polar surface area (TPSA) is 45.5 Å². The van der Waals surface area contributed by atoms with Crippen LogP contribution in [0.4, 0.5) is 0 Å². The molecule has 2 heterocycles. The van der Waals surface area contributed by atoms with E-state index in [-0.39, 0.29) is 6.23 Å². The Bertz CT molecular complexity index is 619. The number of nitrogens with zero attached hydrogens (tertiary/aromatic N) is 2. The molecule has 0 amide bonds. The molecule has 0 spiro atoms. The van der Waals surface area contributed by atoms with Crippen molar-refractivity contribution in [3.8, 4) is 0 Å². The lowest BCUT2D eigenvalue weighted by atomic mass is 10.1. The molecule has 2 aromatic rings. The van der Waals surface area contributed by atoms with Gasteiger partial charge in [-0.25, -0.2) is 4.68 Å². The lowest BCUT2D eigenvalue weighted by Crippen LogP contribution is -2.19. The summed E-state index contributed by atoms with van der Waals surface area (Å²) in [7, 11) is 3.24. The Morgan fingerprint density at radius 1 is 1.33 bits per heavy atom. The fourth-order valence-corrected chi connectivity index (χ4v) is 3.13. The van der Waals surface area contributed by atoms with Crippen molar-refractivity contribution in [1.29, 1.82) is 0 Å². The Labute approximate surface area is 132 Å². The first-order valence-corrected chi connectivity index (χ1v) is 7.88. The number of methoxy groups -OCH3 is 2. The Kier molecular flexibility index (Phi) is 4.59. The van der Waals surface area contributed by atoms with Gasteiger partial charge in [-0.05, 0) is 37.5 Å². The molecule has 1 aromatic heterocycles. The van der Waals surface area contributed by atoms with Crippen molar-refractivity contribution >= 4 is 26.8 Å². The number of halogens is 1. The molecule has 114 valence electrons. The summed E-state index contributed by atoms with van der Waals surface area (Å²) in [6.45, 7) is 0.788. The van der Waals surface area contributed by atoms with Gasteiger partial charge in [0.05, 0.1) is 5.52 Å². The van der Waals surface area contributed by atoms with Crippen molar-refractivity contribution in [3.63, 3.8) is 0 Å². The zero-order valence-electron chi connectivity index (χ0n) is 12.2. The van der Waals surface area contributed by atoms with Crippen molar-refractivity contribution in [2.75, 3.05) is 20.8 Å². The highest BCUT2D eigenvalue weighted by Gasteiger charge is 2.24. The SMILES string of the molecule is COC(OC)c1nn(C2CCCCO2)c2ccc(Br)cc12. The van der Waals surface area contributed by atoms with Crippen molar-refractivity contribution in [3.05, 3.63) is 28.4 Å². The maximum Gasteiger partial charge on any atom is 0.203 e. The second-order valence-electron chi connectivity index (χ2n) is 5.12. The van der Waals surface area contributed by atoms with Gasteiger partial charge >= 0.3 is 0 Å². The van der Waals surface area contributed by atoms with Gasteiger partial charge in [0, 0.05) is 30.7 Å². The van der Waals surface area contributed by atoms with E-state index in [4.69, 9.17) is 19.3 Å². The van der Waals surface area contributed by atoms with E-state index in [1.165, 1.54) is 0 Å². The van der Waals surface area contributed by atoms with Crippen LogP contribution in [0.5, 0.6) is 0 Å². The summed E-state index contributed by atoms with van der Waals surface area (Å²) in [4.78, 5) is 0. The standard InChI is InChI=1S/C15H19BrN2O3/c1-19-15(20-2)14-11-9-10(16)6-7-12(11)18(17-14)13-5-3-4-8-21-13/h6-7,9,13,15H,3-5,8H2,1-2H3. The van der Waals surface area contributed by atoms with Crippen LogP contribution >= 0.6 is 15.9 Å². The van der Waals surface area contributed by atoms with E-state index in [0.29, 0.717) is 0 Å². The fourth-order valence-electron chi connectivity index (χ4n) is 2.77. The van der Waals surface area contributed by atoms with E-state index >= 15 is 0 Å². The third-order valence-electron chi connectivity index (χ3n) is 3.78. The summed E-state index contributed by atoms with van der Waals surface area (Å²) in [5, 5.41) is 5.74. The minimum atomic E-state index is -0.480. The predicted molar refractivity (Wildman–Crippen MR) is 83.0 cm³/mol. The molecule has 21 heavy (non-hydrogen) atoms. The maximum absolute atomic E-state index is 5.87. The normalized spacial score (nSPS) is 19.5. The predicted octanol–water partition coefficient (Wildman–Crippen LogP) is 3.79. The van der Waals surface area contributed by atoms with Crippen LogP contribution in [0.25, 0.3) is 10.9 Å². The minimum absolute atomic E-state index is 0.00876. The van der Waals surface area contributed by atoms with Gasteiger partial charge < -0.3 is 14.2 Å². The average molecular weight is 355 g/mol. The van der Waals surface area contributed by atoms with Crippen LogP contribution in [-0.4, -0.2) is 30.6 Å². The van der Waals surface area contributed by atoms with Crippen LogP contribution in [0.15, 0.2) is 22.7 Å². The zero-order chi connectivity index (χ0) is 14.8. The zero-order valence-corrected chi connectivity index (χ0v) is 13.8. The first-order chi connectivity index (χ1) is 10.2. The number of fused-ring (bicyclic) bond motifs is 1. The van der Waals surface area contributed by atoms with E-state index < -0.39 is 6.29 Å². The number of ether oxygens (including phenoxy) is 3. The third kappa shape index (κ3) is 2.85. The van der Waals surface area contributed by atoms with Crippen LogP contribution in [0, 0.1) is 0 Å². The Balaban J connectivity index is 2.11. The van der Waals surface area contributed by atoms with Crippen LogP contribution < -0.4 is 0 Å². The van der Waals surface area contributed by atoms with Gasteiger partial charge in [-0.2, -0.15) is 5.10 Å². The first-order valence-electron chi connectivity index (χ1n) is 7.09. The Morgan fingerprint density at radius 2 is 2.14 bits per heavy atom. The van der Waals surface area contributed by atoms with Crippen molar-refractivity contribution in [2.24, 2.45) is 0 Å². The first kappa shape index (κ1) is 15.0. The van der Waals surface area contributed by atoms with Gasteiger partial charge in [-0.15, -0.1) is 0 Å². The third-order valence-corrected chi connectivity index (χ3v) is 4.27. The molecule has 0 saturated carbocycles. The molecule has 1 aliphatic heterocycles. The molecule has 1 aromatic carbocycles. The smallest absolute Gasteiger partial charge is 0.203 e. The highest BCUT2D eigenvalue weighted by molar-refractivity contribution is 9.10. The maximum atomic E-state index is 5.87. The van der Waals surface area contributed by atoms with E-state index in [2.05, 4.69) is 22.0 Å². The van der Waals surface area contributed by atoms with Gasteiger partial charge in [-0.1, -0.05) is 15.9 Å². The van der Waals surface area contributed by atoms with Gasteiger partial charge in [0.1, 0.15) is 5.69 Å². The van der Waals surface area contributed by atoms with E-state index in [0.717, 1.165) is 46.9 Å². The van der Waals surface area contributed by atoms with Gasteiger partial charge in [-0.3, -0.25) is 0 Å².